The minimum absolute atomic E-state index is 0.241. The molecule has 2 aromatic rings. The minimum Gasteiger partial charge on any atom is -0.481 e. The molecule has 0 saturated carbocycles. The van der Waals surface area contributed by atoms with Crippen LogP contribution in [0.1, 0.15) is 17.5 Å². The van der Waals surface area contributed by atoms with E-state index in [0.29, 0.717) is 22.3 Å². The van der Waals surface area contributed by atoms with Crippen LogP contribution in [0.25, 0.3) is 11.1 Å². The van der Waals surface area contributed by atoms with E-state index in [4.69, 9.17) is 5.11 Å². The maximum Gasteiger partial charge on any atom is 0.332 e. The Hall–Kier alpha value is -3.40. The number of carbonyl (C=O) groups is 2. The van der Waals surface area contributed by atoms with Crippen LogP contribution >= 0.6 is 0 Å². The van der Waals surface area contributed by atoms with Gasteiger partial charge in [0.1, 0.15) is 0 Å². The van der Waals surface area contributed by atoms with Gasteiger partial charge in [-0.25, -0.2) is 4.79 Å². The van der Waals surface area contributed by atoms with E-state index < -0.39 is 18.4 Å². The minimum atomic E-state index is -1.30. The monoisotopic (exact) mass is 334 g/mol. The van der Waals surface area contributed by atoms with E-state index in [2.05, 4.69) is 13.2 Å². The van der Waals surface area contributed by atoms with Gasteiger partial charge in [0, 0.05) is 0 Å². The average Bonchev–Trinajstić information content (AvgIpc) is 2.62. The van der Waals surface area contributed by atoms with Crippen molar-refractivity contribution in [1.29, 1.82) is 0 Å². The van der Waals surface area contributed by atoms with Gasteiger partial charge in [-0.05, 0) is 27.8 Å². The molecule has 0 aliphatic carbocycles. The standard InChI is InChI=1S/C21H18O4/c1-14(16-9-5-3-6-10-16)20(18(21(24)25)13-19(22)23)15(2)17-11-7-4-8-12-17/h3-12H,1-2,13H2,(H,22,23)(H,24,25). The van der Waals surface area contributed by atoms with Gasteiger partial charge in [-0.15, -0.1) is 0 Å². The molecule has 0 fully saturated rings. The second kappa shape index (κ2) is 7.93. The zero-order valence-corrected chi connectivity index (χ0v) is 13.6. The summed E-state index contributed by atoms with van der Waals surface area (Å²) in [5, 5.41) is 18.7. The van der Waals surface area contributed by atoms with Crippen LogP contribution in [0.4, 0.5) is 0 Å². The van der Waals surface area contributed by atoms with Crippen molar-refractivity contribution in [1.82, 2.24) is 0 Å². The summed E-state index contributed by atoms with van der Waals surface area (Å²) < 4.78 is 0. The van der Waals surface area contributed by atoms with Gasteiger partial charge in [0.2, 0.25) is 0 Å². The number of carboxylic acids is 2. The number of benzene rings is 2. The second-order valence-corrected chi connectivity index (χ2v) is 5.42. The SMILES string of the molecule is C=C(C(C(=C)c1ccccc1)=C(CC(=O)O)C(=O)O)c1ccccc1. The zero-order chi connectivity index (χ0) is 18.4. The summed E-state index contributed by atoms with van der Waals surface area (Å²) in [7, 11) is 0. The highest BCUT2D eigenvalue weighted by Gasteiger charge is 2.23. The second-order valence-electron chi connectivity index (χ2n) is 5.42. The van der Waals surface area contributed by atoms with Crippen LogP contribution < -0.4 is 0 Å². The van der Waals surface area contributed by atoms with Gasteiger partial charge >= 0.3 is 11.9 Å². The summed E-state index contributed by atoms with van der Waals surface area (Å²) >= 11 is 0. The molecule has 0 unspecified atom stereocenters. The molecule has 126 valence electrons. The van der Waals surface area contributed by atoms with Gasteiger partial charge in [0.15, 0.2) is 0 Å². The van der Waals surface area contributed by atoms with Crippen molar-refractivity contribution in [3.05, 3.63) is 96.1 Å². The van der Waals surface area contributed by atoms with Gasteiger partial charge in [-0.3, -0.25) is 4.79 Å². The van der Waals surface area contributed by atoms with E-state index in [1.54, 1.807) is 48.5 Å². The van der Waals surface area contributed by atoms with Crippen LogP contribution in [0.2, 0.25) is 0 Å². The third-order valence-electron chi connectivity index (χ3n) is 3.74. The lowest BCUT2D eigenvalue weighted by molar-refractivity contribution is -0.139. The first-order chi connectivity index (χ1) is 11.9. The number of rotatable bonds is 7. The number of hydrogen-bond acceptors (Lipinski definition) is 2. The van der Waals surface area contributed by atoms with Crippen molar-refractivity contribution in [3.8, 4) is 0 Å². The third-order valence-corrected chi connectivity index (χ3v) is 3.74. The first-order valence-electron chi connectivity index (χ1n) is 7.59. The molecular formula is C21H18O4. The molecule has 0 saturated heterocycles. The summed E-state index contributed by atoms with van der Waals surface area (Å²) in [5.41, 5.74) is 2.26. The Bertz CT molecular complexity index is 792. The Labute approximate surface area is 146 Å². The first kappa shape index (κ1) is 17.9. The predicted octanol–water partition coefficient (Wildman–Crippen LogP) is 4.27. The summed E-state index contributed by atoms with van der Waals surface area (Å²) in [5.74, 6) is -2.52. The van der Waals surface area contributed by atoms with Crippen molar-refractivity contribution in [2.45, 2.75) is 6.42 Å². The van der Waals surface area contributed by atoms with E-state index in [-0.39, 0.29) is 11.1 Å². The molecule has 4 nitrogen and oxygen atoms in total. The molecule has 0 heterocycles. The highest BCUT2D eigenvalue weighted by Crippen LogP contribution is 2.35. The molecule has 2 N–H and O–H groups in total. The molecule has 0 aromatic heterocycles. The fraction of sp³-hybridized carbons (Fsp3) is 0.0476. The summed E-state index contributed by atoms with van der Waals surface area (Å²) in [6.45, 7) is 8.01. The Balaban J connectivity index is 2.66. The van der Waals surface area contributed by atoms with Crippen LogP contribution in [-0.2, 0) is 9.59 Å². The summed E-state index contributed by atoms with van der Waals surface area (Å²) in [4.78, 5) is 22.9. The van der Waals surface area contributed by atoms with Crippen LogP contribution in [0.15, 0.2) is 85.0 Å². The number of hydrogen-bond donors (Lipinski definition) is 2. The maximum atomic E-state index is 11.7. The molecular weight excluding hydrogens is 316 g/mol. The number of carboxylic acid groups (broad SMARTS) is 2. The quantitative estimate of drug-likeness (QED) is 0.586. The van der Waals surface area contributed by atoms with Crippen molar-refractivity contribution >= 4 is 23.1 Å². The van der Waals surface area contributed by atoms with Gasteiger partial charge in [-0.1, -0.05) is 73.8 Å². The number of allylic oxidation sites excluding steroid dienone is 3. The van der Waals surface area contributed by atoms with E-state index in [1.165, 1.54) is 0 Å². The van der Waals surface area contributed by atoms with Crippen molar-refractivity contribution in [2.24, 2.45) is 0 Å². The van der Waals surface area contributed by atoms with Crippen LogP contribution in [0.3, 0.4) is 0 Å². The van der Waals surface area contributed by atoms with Crippen LogP contribution in [0.5, 0.6) is 0 Å². The lowest BCUT2D eigenvalue weighted by atomic mass is 9.86. The lowest BCUT2D eigenvalue weighted by Gasteiger charge is -2.18. The molecule has 0 bridgehead atoms. The molecule has 0 aliphatic rings. The van der Waals surface area contributed by atoms with Crippen molar-refractivity contribution < 1.29 is 19.8 Å². The topological polar surface area (TPSA) is 74.6 Å². The van der Waals surface area contributed by atoms with Crippen molar-refractivity contribution in [3.63, 3.8) is 0 Å². The highest BCUT2D eigenvalue weighted by molar-refractivity contribution is 6.06. The molecule has 0 atom stereocenters. The smallest absolute Gasteiger partial charge is 0.332 e. The van der Waals surface area contributed by atoms with Gasteiger partial charge in [0.05, 0.1) is 12.0 Å². The molecule has 0 radical (unpaired) electrons. The average molecular weight is 334 g/mol. The Morgan fingerprint density at radius 2 is 1.16 bits per heavy atom. The molecule has 2 aromatic carbocycles. The van der Waals surface area contributed by atoms with E-state index >= 15 is 0 Å². The molecule has 0 aliphatic heterocycles. The van der Waals surface area contributed by atoms with Gasteiger partial charge in [0.25, 0.3) is 0 Å². The van der Waals surface area contributed by atoms with E-state index in [9.17, 15) is 14.7 Å². The molecule has 25 heavy (non-hydrogen) atoms. The molecule has 0 amide bonds. The third kappa shape index (κ3) is 4.32. The Kier molecular flexibility index (Phi) is 5.69. The fourth-order valence-corrected chi connectivity index (χ4v) is 2.54. The maximum absolute atomic E-state index is 11.7. The van der Waals surface area contributed by atoms with Crippen molar-refractivity contribution in [2.75, 3.05) is 0 Å². The largest absolute Gasteiger partial charge is 0.481 e. The molecule has 4 heteroatoms. The van der Waals surface area contributed by atoms with Crippen LogP contribution in [0, 0.1) is 0 Å². The molecule has 0 spiro atoms. The summed E-state index contributed by atoms with van der Waals surface area (Å²) in [6.07, 6.45) is -0.623. The normalized spacial score (nSPS) is 9.92. The van der Waals surface area contributed by atoms with Gasteiger partial charge in [-0.2, -0.15) is 0 Å². The zero-order valence-electron chi connectivity index (χ0n) is 13.6. The predicted molar refractivity (Wildman–Crippen MR) is 97.9 cm³/mol. The molecule has 2 rings (SSSR count). The number of aliphatic carboxylic acids is 2. The first-order valence-corrected chi connectivity index (χ1v) is 7.59. The summed E-state index contributed by atoms with van der Waals surface area (Å²) in [6, 6.07) is 18.1. The van der Waals surface area contributed by atoms with Crippen LogP contribution in [-0.4, -0.2) is 22.2 Å². The van der Waals surface area contributed by atoms with E-state index in [0.717, 1.165) is 0 Å². The highest BCUT2D eigenvalue weighted by atomic mass is 16.4. The Morgan fingerprint density at radius 3 is 1.48 bits per heavy atom. The van der Waals surface area contributed by atoms with Gasteiger partial charge < -0.3 is 10.2 Å². The lowest BCUT2D eigenvalue weighted by Crippen LogP contribution is -2.11. The fourth-order valence-electron chi connectivity index (χ4n) is 2.54. The van der Waals surface area contributed by atoms with E-state index in [1.807, 2.05) is 12.1 Å². The Morgan fingerprint density at radius 1 is 0.760 bits per heavy atom.